The third kappa shape index (κ3) is 2.48. The summed E-state index contributed by atoms with van der Waals surface area (Å²) in [7, 11) is 0. The molecule has 1 aliphatic heterocycles. The van der Waals surface area contributed by atoms with Crippen molar-refractivity contribution in [2.75, 3.05) is 0 Å². The van der Waals surface area contributed by atoms with Gasteiger partial charge in [0.25, 0.3) is 0 Å². The molecule has 3 rings (SSSR count). The van der Waals surface area contributed by atoms with Crippen LogP contribution in [-0.2, 0) is 0 Å². The normalized spacial score (nSPS) is 20.5. The molecule has 2 heteroatoms. The van der Waals surface area contributed by atoms with E-state index < -0.39 is 0 Å². The summed E-state index contributed by atoms with van der Waals surface area (Å²) in [6, 6.07) is 16.5. The molecule has 0 bridgehead atoms. The second-order valence-electron chi connectivity index (χ2n) is 5.71. The van der Waals surface area contributed by atoms with Gasteiger partial charge in [-0.2, -0.15) is 0 Å². The number of rotatable bonds is 1. The van der Waals surface area contributed by atoms with E-state index in [4.69, 9.17) is 16.3 Å². The molecule has 0 fully saturated rings. The van der Waals surface area contributed by atoms with Gasteiger partial charge in [0.1, 0.15) is 11.4 Å². The molecule has 0 aromatic heterocycles. The Labute approximate surface area is 119 Å². The van der Waals surface area contributed by atoms with E-state index in [1.54, 1.807) is 0 Å². The van der Waals surface area contributed by atoms with Crippen LogP contribution in [0.1, 0.15) is 37.3 Å². The average Bonchev–Trinajstić information content (AvgIpc) is 2.37. The molecule has 1 nitrogen and oxygen atoms in total. The molecule has 2 aromatic carbocycles. The van der Waals surface area contributed by atoms with Crippen molar-refractivity contribution in [1.82, 2.24) is 0 Å². The first-order valence-corrected chi connectivity index (χ1v) is 6.96. The fourth-order valence-corrected chi connectivity index (χ4v) is 2.92. The van der Waals surface area contributed by atoms with E-state index in [0.717, 1.165) is 17.2 Å². The predicted molar refractivity (Wildman–Crippen MR) is 79.1 cm³/mol. The fourth-order valence-electron chi connectivity index (χ4n) is 2.79. The fraction of sp³-hybridized carbons (Fsp3) is 0.294. The highest BCUT2D eigenvalue weighted by atomic mass is 35.5. The van der Waals surface area contributed by atoms with Gasteiger partial charge in [0, 0.05) is 16.5 Å². The maximum atomic E-state index is 6.07. The van der Waals surface area contributed by atoms with Gasteiger partial charge in [-0.1, -0.05) is 41.9 Å². The van der Waals surface area contributed by atoms with Crippen molar-refractivity contribution in [2.45, 2.75) is 31.8 Å². The van der Waals surface area contributed by atoms with Gasteiger partial charge < -0.3 is 4.74 Å². The van der Waals surface area contributed by atoms with Crippen molar-refractivity contribution >= 4 is 11.6 Å². The first-order chi connectivity index (χ1) is 9.05. The number of ether oxygens (including phenoxy) is 1. The van der Waals surface area contributed by atoms with Crippen molar-refractivity contribution in [2.24, 2.45) is 0 Å². The van der Waals surface area contributed by atoms with E-state index in [0.29, 0.717) is 5.92 Å². The van der Waals surface area contributed by atoms with Crippen LogP contribution in [0, 0.1) is 0 Å². The number of fused-ring (bicyclic) bond motifs is 1. The second kappa shape index (κ2) is 4.57. The molecule has 0 saturated carbocycles. The van der Waals surface area contributed by atoms with Gasteiger partial charge in [0.15, 0.2) is 0 Å². The summed E-state index contributed by atoms with van der Waals surface area (Å²) in [5, 5.41) is 0.781. The lowest BCUT2D eigenvalue weighted by Gasteiger charge is -2.38. The minimum atomic E-state index is -0.140. The molecule has 19 heavy (non-hydrogen) atoms. The molecule has 0 N–H and O–H groups in total. The van der Waals surface area contributed by atoms with Gasteiger partial charge in [-0.3, -0.25) is 0 Å². The van der Waals surface area contributed by atoms with Crippen LogP contribution in [0.2, 0.25) is 5.02 Å². The molecule has 1 unspecified atom stereocenters. The highest BCUT2D eigenvalue weighted by Crippen LogP contribution is 2.44. The summed E-state index contributed by atoms with van der Waals surface area (Å²) in [6.45, 7) is 4.29. The number of hydrogen-bond acceptors (Lipinski definition) is 1. The van der Waals surface area contributed by atoms with Crippen LogP contribution < -0.4 is 4.74 Å². The summed E-state index contributed by atoms with van der Waals surface area (Å²) >= 11 is 5.98. The minimum Gasteiger partial charge on any atom is -0.488 e. The van der Waals surface area contributed by atoms with Gasteiger partial charge in [-0.05, 0) is 44.0 Å². The predicted octanol–water partition coefficient (Wildman–Crippen LogP) is 5.03. The van der Waals surface area contributed by atoms with Crippen molar-refractivity contribution in [3.63, 3.8) is 0 Å². The lowest BCUT2D eigenvalue weighted by atomic mass is 9.80. The third-order valence-corrected chi connectivity index (χ3v) is 3.90. The van der Waals surface area contributed by atoms with E-state index in [1.165, 1.54) is 11.1 Å². The SMILES string of the molecule is CC1(C)CC(c2ccc(Cl)cc2)c2ccccc2O1. The van der Waals surface area contributed by atoms with Gasteiger partial charge >= 0.3 is 0 Å². The second-order valence-corrected chi connectivity index (χ2v) is 6.14. The van der Waals surface area contributed by atoms with Crippen molar-refractivity contribution in [3.8, 4) is 5.75 Å². The van der Waals surface area contributed by atoms with Gasteiger partial charge in [0.05, 0.1) is 0 Å². The standard InChI is InChI=1S/C17H17ClO/c1-17(2)11-15(12-7-9-13(18)10-8-12)14-5-3-4-6-16(14)19-17/h3-10,15H,11H2,1-2H3. The summed E-state index contributed by atoms with van der Waals surface area (Å²) in [4.78, 5) is 0. The molecular formula is C17H17ClO. The summed E-state index contributed by atoms with van der Waals surface area (Å²) in [5.41, 5.74) is 2.43. The highest BCUT2D eigenvalue weighted by Gasteiger charge is 2.34. The van der Waals surface area contributed by atoms with E-state index >= 15 is 0 Å². The quantitative estimate of drug-likeness (QED) is 0.707. The molecule has 1 atom stereocenters. The Kier molecular flexibility index (Phi) is 3.02. The minimum absolute atomic E-state index is 0.140. The molecule has 1 heterocycles. The van der Waals surface area contributed by atoms with Crippen LogP contribution in [0.4, 0.5) is 0 Å². The number of hydrogen-bond donors (Lipinski definition) is 0. The van der Waals surface area contributed by atoms with Crippen molar-refractivity contribution < 1.29 is 4.74 Å². The number of para-hydroxylation sites is 1. The Balaban J connectivity index is 2.08. The van der Waals surface area contributed by atoms with Crippen LogP contribution in [-0.4, -0.2) is 5.60 Å². The first kappa shape index (κ1) is 12.6. The lowest BCUT2D eigenvalue weighted by molar-refractivity contribution is 0.0775. The van der Waals surface area contributed by atoms with E-state index in [1.807, 2.05) is 18.2 Å². The third-order valence-electron chi connectivity index (χ3n) is 3.65. The largest absolute Gasteiger partial charge is 0.488 e. The number of benzene rings is 2. The Morgan fingerprint density at radius 2 is 1.74 bits per heavy atom. The van der Waals surface area contributed by atoms with Gasteiger partial charge in [0.2, 0.25) is 0 Å². The summed E-state index contributed by atoms with van der Waals surface area (Å²) < 4.78 is 6.07. The molecule has 98 valence electrons. The highest BCUT2D eigenvalue weighted by molar-refractivity contribution is 6.30. The Bertz CT molecular complexity index is 586. The van der Waals surface area contributed by atoms with Gasteiger partial charge in [-0.15, -0.1) is 0 Å². The maximum absolute atomic E-state index is 6.07. The van der Waals surface area contributed by atoms with Crippen LogP contribution in [0.3, 0.4) is 0 Å². The molecule has 0 spiro atoms. The van der Waals surface area contributed by atoms with E-state index in [-0.39, 0.29) is 5.60 Å². The van der Waals surface area contributed by atoms with Crippen LogP contribution >= 0.6 is 11.6 Å². The molecule has 0 aliphatic carbocycles. The van der Waals surface area contributed by atoms with Crippen LogP contribution in [0.25, 0.3) is 0 Å². The van der Waals surface area contributed by atoms with Crippen LogP contribution in [0.15, 0.2) is 48.5 Å². The zero-order valence-electron chi connectivity index (χ0n) is 11.2. The van der Waals surface area contributed by atoms with Crippen molar-refractivity contribution in [1.29, 1.82) is 0 Å². The van der Waals surface area contributed by atoms with Crippen molar-refractivity contribution in [3.05, 3.63) is 64.7 Å². The number of halogens is 1. The summed E-state index contributed by atoms with van der Waals surface area (Å²) in [6.07, 6.45) is 0.978. The smallest absolute Gasteiger partial charge is 0.123 e. The summed E-state index contributed by atoms with van der Waals surface area (Å²) in [5.74, 6) is 1.37. The Hall–Kier alpha value is -1.47. The van der Waals surface area contributed by atoms with E-state index in [9.17, 15) is 0 Å². The zero-order valence-corrected chi connectivity index (χ0v) is 11.9. The first-order valence-electron chi connectivity index (χ1n) is 6.59. The molecule has 0 amide bonds. The Morgan fingerprint density at radius 1 is 1.05 bits per heavy atom. The Morgan fingerprint density at radius 3 is 2.47 bits per heavy atom. The zero-order chi connectivity index (χ0) is 13.5. The molecule has 0 saturated heterocycles. The van der Waals surface area contributed by atoms with Gasteiger partial charge in [-0.25, -0.2) is 0 Å². The topological polar surface area (TPSA) is 9.23 Å². The molecular weight excluding hydrogens is 256 g/mol. The molecule has 1 aliphatic rings. The maximum Gasteiger partial charge on any atom is 0.123 e. The molecule has 2 aromatic rings. The monoisotopic (exact) mass is 272 g/mol. The van der Waals surface area contributed by atoms with Crippen LogP contribution in [0.5, 0.6) is 5.75 Å². The lowest BCUT2D eigenvalue weighted by Crippen LogP contribution is -2.35. The average molecular weight is 273 g/mol. The molecule has 0 radical (unpaired) electrons. The van der Waals surface area contributed by atoms with E-state index in [2.05, 4.69) is 44.2 Å².